The van der Waals surface area contributed by atoms with E-state index in [1.165, 1.54) is 16.7 Å². The topological polar surface area (TPSA) is 55.2 Å². The van der Waals surface area contributed by atoms with Gasteiger partial charge in [-0.15, -0.1) is 0 Å². The van der Waals surface area contributed by atoms with Crippen molar-refractivity contribution >= 4 is 46.8 Å². The lowest BCUT2D eigenvalue weighted by atomic mass is 9.76. The average molecular weight is 540 g/mol. The second-order valence-electron chi connectivity index (χ2n) is 8.92. The summed E-state index contributed by atoms with van der Waals surface area (Å²) in [6.07, 6.45) is 10.2. The number of nitrogens with zero attached hydrogens (tertiary/aromatic N) is 4. The lowest BCUT2D eigenvalue weighted by molar-refractivity contribution is 0.145. The second kappa shape index (κ2) is 10.3. The van der Waals surface area contributed by atoms with Gasteiger partial charge in [0.05, 0.1) is 5.69 Å². The summed E-state index contributed by atoms with van der Waals surface area (Å²) < 4.78 is 8.23. The van der Waals surface area contributed by atoms with Crippen LogP contribution in [0.5, 0.6) is 0 Å². The van der Waals surface area contributed by atoms with Gasteiger partial charge in [0.15, 0.2) is 0 Å². The highest BCUT2D eigenvalue weighted by molar-refractivity contribution is 9.10. The van der Waals surface area contributed by atoms with Crippen LogP contribution in [-0.2, 0) is 11.2 Å². The second-order valence-corrected chi connectivity index (χ2v) is 10.3. The highest BCUT2D eigenvalue weighted by Crippen LogP contribution is 2.45. The first-order valence-corrected chi connectivity index (χ1v) is 12.7. The molecule has 1 fully saturated rings. The van der Waals surface area contributed by atoms with Crippen molar-refractivity contribution in [2.75, 3.05) is 20.2 Å². The molecule has 9 heteroatoms. The average Bonchev–Trinajstić information content (AvgIpc) is 3.18. The van der Waals surface area contributed by atoms with Gasteiger partial charge >= 0.3 is 7.62 Å². The molecular weight excluding hydrogens is 512 g/mol. The Balaban J connectivity index is 1.58. The van der Waals surface area contributed by atoms with Crippen molar-refractivity contribution in [3.63, 3.8) is 0 Å². The molecule has 0 saturated carbocycles. The van der Waals surface area contributed by atoms with Crippen molar-refractivity contribution in [1.82, 2.24) is 24.9 Å². The zero-order valence-corrected chi connectivity index (χ0v) is 21.7. The third-order valence-electron chi connectivity index (χ3n) is 6.87. The van der Waals surface area contributed by atoms with Crippen LogP contribution in [0.3, 0.4) is 0 Å². The van der Waals surface area contributed by atoms with Gasteiger partial charge in [-0.1, -0.05) is 17.7 Å². The van der Waals surface area contributed by atoms with E-state index in [1.54, 1.807) is 14.7 Å². The van der Waals surface area contributed by atoms with Gasteiger partial charge in [0, 0.05) is 60.7 Å². The Morgan fingerprint density at radius 1 is 1.24 bits per heavy atom. The van der Waals surface area contributed by atoms with E-state index in [0.29, 0.717) is 5.92 Å². The van der Waals surface area contributed by atoms with Gasteiger partial charge in [-0.05, 0) is 88.2 Å². The normalized spacial score (nSPS) is 18.7. The van der Waals surface area contributed by atoms with Gasteiger partial charge in [0.2, 0.25) is 0 Å². The van der Waals surface area contributed by atoms with E-state index in [-0.39, 0.29) is 5.92 Å². The summed E-state index contributed by atoms with van der Waals surface area (Å²) in [5.41, 5.74) is 6.02. The Morgan fingerprint density at radius 3 is 2.79 bits per heavy atom. The molecule has 1 unspecified atom stereocenters. The number of aryl methyl sites for hydroxylation is 1. The third-order valence-corrected chi connectivity index (χ3v) is 7.53. The molecule has 1 radical (unpaired) electrons. The van der Waals surface area contributed by atoms with Gasteiger partial charge in [0.25, 0.3) is 0 Å². The molecule has 5 rings (SSSR count). The zero-order valence-electron chi connectivity index (χ0n) is 19.3. The molecule has 2 aromatic heterocycles. The quantitative estimate of drug-likeness (QED) is 0.443. The minimum absolute atomic E-state index is 0.196. The summed E-state index contributed by atoms with van der Waals surface area (Å²) in [6, 6.07) is 8.53. The monoisotopic (exact) mass is 538 g/mol. The van der Waals surface area contributed by atoms with Gasteiger partial charge in [0.1, 0.15) is 5.82 Å². The van der Waals surface area contributed by atoms with E-state index >= 15 is 0 Å². The number of hydrogen-bond donors (Lipinski definition) is 1. The molecule has 0 spiro atoms. The Morgan fingerprint density at radius 2 is 2.06 bits per heavy atom. The molecule has 3 aromatic rings. The van der Waals surface area contributed by atoms with E-state index in [2.05, 4.69) is 60.1 Å². The van der Waals surface area contributed by atoms with Crippen LogP contribution in [0.2, 0.25) is 5.02 Å². The minimum atomic E-state index is 0.196. The summed E-state index contributed by atoms with van der Waals surface area (Å²) in [5.74, 6) is 1.66. The maximum absolute atomic E-state index is 6.55. The maximum Gasteiger partial charge on any atom is 0.411 e. The fourth-order valence-electron chi connectivity index (χ4n) is 5.18. The molecule has 1 saturated heterocycles. The molecule has 6 nitrogen and oxygen atoms in total. The summed E-state index contributed by atoms with van der Waals surface area (Å²) in [6.45, 7) is 4.66. The fraction of sp³-hybridized carbons (Fsp3) is 0.360. The van der Waals surface area contributed by atoms with Gasteiger partial charge in [-0.25, -0.2) is 4.98 Å². The Kier molecular flexibility index (Phi) is 7.23. The molecule has 175 valence electrons. The number of allylic oxidation sites excluding steroid dienone is 1. The number of piperidine rings is 1. The maximum atomic E-state index is 6.55. The number of pyridine rings is 1. The van der Waals surface area contributed by atoms with Crippen molar-refractivity contribution in [2.45, 2.75) is 32.2 Å². The number of hydrogen-bond acceptors (Lipinski definition) is 5. The Labute approximate surface area is 214 Å². The highest BCUT2D eigenvalue weighted by Gasteiger charge is 2.34. The van der Waals surface area contributed by atoms with Gasteiger partial charge in [-0.3, -0.25) is 15.3 Å². The van der Waals surface area contributed by atoms with Gasteiger partial charge < -0.3 is 9.22 Å². The number of nitrogens with one attached hydrogen (secondary N) is 1. The first kappa shape index (κ1) is 23.8. The Bertz CT molecular complexity index is 1210. The lowest BCUT2D eigenvalue weighted by Gasteiger charge is -2.36. The van der Waals surface area contributed by atoms with Crippen LogP contribution in [0.15, 0.2) is 47.3 Å². The summed E-state index contributed by atoms with van der Waals surface area (Å²) >= 11 is 10.2. The number of halogens is 2. The summed E-state index contributed by atoms with van der Waals surface area (Å²) in [5, 5.41) is 6.18. The fourth-order valence-corrected chi connectivity index (χ4v) is 5.70. The van der Waals surface area contributed by atoms with E-state index < -0.39 is 0 Å². The molecule has 34 heavy (non-hydrogen) atoms. The zero-order chi connectivity index (χ0) is 23.7. The Hall–Kier alpha value is -1.97. The molecular formula is C25H27BBrClN5O. The molecule has 3 heterocycles. The van der Waals surface area contributed by atoms with E-state index in [0.717, 1.165) is 59.1 Å². The lowest BCUT2D eigenvalue weighted by Crippen LogP contribution is -2.46. The number of imidazole rings is 1. The third kappa shape index (κ3) is 4.88. The molecule has 1 atom stereocenters. The molecule has 2 aliphatic rings. The van der Waals surface area contributed by atoms with Crippen LogP contribution in [0.25, 0.3) is 11.6 Å². The molecule has 1 aliphatic heterocycles. The first-order chi connectivity index (χ1) is 16.5. The summed E-state index contributed by atoms with van der Waals surface area (Å²) in [7, 11) is 3.29. The van der Waals surface area contributed by atoms with E-state index in [9.17, 15) is 0 Å². The SMILES string of the molecule is CO[B]NN1CCC(C2c3ccc(Cl)cc3C(Cn3ccnc3C)=Cc3cc(Br)cnc32)CC1. The van der Waals surface area contributed by atoms with E-state index in [4.69, 9.17) is 21.2 Å². The number of benzene rings is 1. The predicted octanol–water partition coefficient (Wildman–Crippen LogP) is 5.09. The largest absolute Gasteiger partial charge is 0.426 e. The number of aromatic nitrogens is 3. The first-order valence-electron chi connectivity index (χ1n) is 11.5. The molecule has 0 bridgehead atoms. The minimum Gasteiger partial charge on any atom is -0.426 e. The highest BCUT2D eigenvalue weighted by atomic mass is 79.9. The predicted molar refractivity (Wildman–Crippen MR) is 140 cm³/mol. The van der Waals surface area contributed by atoms with Crippen LogP contribution in [0, 0.1) is 12.8 Å². The molecule has 1 aliphatic carbocycles. The standard InChI is InChI=1S/C25H27BBrClN5O/c1-16-29-7-10-32(16)15-19-11-18-12-20(27)14-30-25(18)24(22-4-3-21(28)13-23(19)22)17-5-8-33(9-6-17)31-26-34-2/h3-4,7,10-14,17,24,31H,5-6,8-9,15H2,1-2H3. The number of fused-ring (bicyclic) bond motifs is 2. The van der Waals surface area contributed by atoms with Crippen LogP contribution in [0.4, 0.5) is 0 Å². The molecule has 0 amide bonds. The van der Waals surface area contributed by atoms with Crippen molar-refractivity contribution in [2.24, 2.45) is 5.92 Å². The number of hydrazine groups is 1. The van der Waals surface area contributed by atoms with Crippen LogP contribution >= 0.6 is 27.5 Å². The summed E-state index contributed by atoms with van der Waals surface area (Å²) in [4.78, 5) is 9.40. The van der Waals surface area contributed by atoms with Crippen molar-refractivity contribution in [3.05, 3.63) is 80.6 Å². The molecule has 1 N–H and O–H groups in total. The molecule has 1 aromatic carbocycles. The van der Waals surface area contributed by atoms with Crippen molar-refractivity contribution in [1.29, 1.82) is 0 Å². The smallest absolute Gasteiger partial charge is 0.411 e. The van der Waals surface area contributed by atoms with Crippen molar-refractivity contribution < 1.29 is 4.65 Å². The van der Waals surface area contributed by atoms with Crippen LogP contribution in [-0.4, -0.2) is 47.4 Å². The van der Waals surface area contributed by atoms with Crippen LogP contribution < -0.4 is 5.34 Å². The van der Waals surface area contributed by atoms with E-state index in [1.807, 2.05) is 31.6 Å². The van der Waals surface area contributed by atoms with Crippen LogP contribution in [0.1, 0.15) is 47.0 Å². The van der Waals surface area contributed by atoms with Crippen molar-refractivity contribution in [3.8, 4) is 0 Å². The van der Waals surface area contributed by atoms with Gasteiger partial charge in [-0.2, -0.15) is 0 Å². The number of rotatable bonds is 6.